The number of primary amides is 1. The fourth-order valence-electron chi connectivity index (χ4n) is 1.40. The second kappa shape index (κ2) is 9.39. The maximum Gasteiger partial charge on any atom is 0.248 e. The summed E-state index contributed by atoms with van der Waals surface area (Å²) >= 11 is 0. The summed E-state index contributed by atoms with van der Waals surface area (Å²) < 4.78 is 10.5. The molecule has 0 spiro atoms. The summed E-state index contributed by atoms with van der Waals surface area (Å²) in [7, 11) is 0. The molecule has 2 amide bonds. The van der Waals surface area contributed by atoms with Crippen LogP contribution in [0.25, 0.3) is 0 Å². The largest absolute Gasteiger partial charge is 0.491 e. The van der Waals surface area contributed by atoms with Crippen molar-refractivity contribution >= 4 is 11.8 Å². The summed E-state index contributed by atoms with van der Waals surface area (Å²) in [6.45, 7) is 2.50. The Morgan fingerprint density at radius 1 is 1.33 bits per heavy atom. The van der Waals surface area contributed by atoms with E-state index < -0.39 is 5.91 Å². The third-order valence-corrected chi connectivity index (χ3v) is 2.40. The summed E-state index contributed by atoms with van der Waals surface area (Å²) in [5.41, 5.74) is 5.55. The van der Waals surface area contributed by atoms with Crippen molar-refractivity contribution in [1.82, 2.24) is 5.32 Å². The lowest BCUT2D eigenvalue weighted by Gasteiger charge is -2.07. The number of hydrogen-bond donors (Lipinski definition) is 2. The van der Waals surface area contributed by atoms with Crippen LogP contribution in [0, 0.1) is 11.8 Å². The van der Waals surface area contributed by atoms with Gasteiger partial charge in [0.25, 0.3) is 0 Å². The van der Waals surface area contributed by atoms with Crippen LogP contribution < -0.4 is 15.8 Å². The van der Waals surface area contributed by atoms with Gasteiger partial charge in [0.15, 0.2) is 0 Å². The van der Waals surface area contributed by atoms with Gasteiger partial charge >= 0.3 is 0 Å². The first-order valence-electron chi connectivity index (χ1n) is 6.40. The van der Waals surface area contributed by atoms with Crippen molar-refractivity contribution in [2.24, 2.45) is 5.73 Å². The average molecular weight is 290 g/mol. The zero-order valence-corrected chi connectivity index (χ0v) is 11.8. The lowest BCUT2D eigenvalue weighted by atomic mass is 10.2. The minimum atomic E-state index is -0.511. The summed E-state index contributed by atoms with van der Waals surface area (Å²) in [4.78, 5) is 22.3. The van der Waals surface area contributed by atoms with Crippen molar-refractivity contribution in [1.29, 1.82) is 0 Å². The van der Waals surface area contributed by atoms with Crippen LogP contribution in [0.1, 0.15) is 17.3 Å². The van der Waals surface area contributed by atoms with Crippen molar-refractivity contribution in [3.8, 4) is 17.6 Å². The molecule has 112 valence electrons. The Bertz CT molecular complexity index is 546. The van der Waals surface area contributed by atoms with E-state index in [-0.39, 0.29) is 25.7 Å². The minimum Gasteiger partial charge on any atom is -0.491 e. The van der Waals surface area contributed by atoms with Crippen LogP contribution in [0.2, 0.25) is 0 Å². The maximum absolute atomic E-state index is 11.3. The number of ether oxygens (including phenoxy) is 2. The lowest BCUT2D eigenvalue weighted by Crippen LogP contribution is -2.28. The molecule has 1 rings (SSSR count). The molecule has 6 heteroatoms. The van der Waals surface area contributed by atoms with Crippen LogP contribution in [-0.4, -0.2) is 38.2 Å². The second-order valence-corrected chi connectivity index (χ2v) is 4.00. The van der Waals surface area contributed by atoms with Gasteiger partial charge in [-0.05, 0) is 25.1 Å². The summed E-state index contributed by atoms with van der Waals surface area (Å²) in [6.07, 6.45) is 0. The van der Waals surface area contributed by atoms with Crippen LogP contribution in [-0.2, 0) is 9.53 Å². The Labute approximate surface area is 123 Å². The van der Waals surface area contributed by atoms with E-state index in [9.17, 15) is 9.59 Å². The summed E-state index contributed by atoms with van der Waals surface area (Å²) in [5, 5.41) is 2.58. The van der Waals surface area contributed by atoms with Crippen molar-refractivity contribution in [2.45, 2.75) is 6.92 Å². The van der Waals surface area contributed by atoms with E-state index >= 15 is 0 Å². The SMILES string of the molecule is CC#CCNC(=O)COCCOc1cccc(C(N)=O)c1. The van der Waals surface area contributed by atoms with Crippen LogP contribution in [0.15, 0.2) is 24.3 Å². The second-order valence-electron chi connectivity index (χ2n) is 4.00. The molecule has 0 saturated carbocycles. The van der Waals surface area contributed by atoms with Crippen molar-refractivity contribution in [3.05, 3.63) is 29.8 Å². The van der Waals surface area contributed by atoms with E-state index in [0.29, 0.717) is 17.9 Å². The monoisotopic (exact) mass is 290 g/mol. The van der Waals surface area contributed by atoms with Gasteiger partial charge in [-0.3, -0.25) is 9.59 Å². The molecule has 1 aromatic rings. The fourth-order valence-corrected chi connectivity index (χ4v) is 1.40. The first kappa shape index (κ1) is 16.5. The molecule has 3 N–H and O–H groups in total. The highest BCUT2D eigenvalue weighted by Crippen LogP contribution is 2.12. The number of carbonyl (C=O) groups is 2. The van der Waals surface area contributed by atoms with E-state index in [2.05, 4.69) is 17.2 Å². The molecule has 0 unspecified atom stereocenters. The predicted molar refractivity (Wildman–Crippen MR) is 77.7 cm³/mol. The average Bonchev–Trinajstić information content (AvgIpc) is 2.47. The summed E-state index contributed by atoms with van der Waals surface area (Å²) in [5.74, 6) is 5.17. The lowest BCUT2D eigenvalue weighted by molar-refractivity contribution is -0.125. The molecule has 0 saturated heterocycles. The number of nitrogens with two attached hydrogens (primary N) is 1. The molecule has 0 bridgehead atoms. The molecule has 0 atom stereocenters. The highest BCUT2D eigenvalue weighted by Gasteiger charge is 2.02. The molecule has 0 fully saturated rings. The zero-order chi connectivity index (χ0) is 15.5. The van der Waals surface area contributed by atoms with E-state index in [1.54, 1.807) is 31.2 Å². The first-order valence-corrected chi connectivity index (χ1v) is 6.40. The van der Waals surface area contributed by atoms with E-state index in [0.717, 1.165) is 0 Å². The molecule has 6 nitrogen and oxygen atoms in total. The number of nitrogens with one attached hydrogen (secondary N) is 1. The molecular weight excluding hydrogens is 272 g/mol. The third-order valence-electron chi connectivity index (χ3n) is 2.40. The molecule has 0 aliphatic carbocycles. The quantitative estimate of drug-likeness (QED) is 0.533. The number of hydrogen-bond acceptors (Lipinski definition) is 4. The van der Waals surface area contributed by atoms with Gasteiger partial charge in [-0.25, -0.2) is 0 Å². The smallest absolute Gasteiger partial charge is 0.248 e. The van der Waals surface area contributed by atoms with Crippen LogP contribution >= 0.6 is 0 Å². The topological polar surface area (TPSA) is 90.7 Å². The van der Waals surface area contributed by atoms with Gasteiger partial charge in [0, 0.05) is 5.56 Å². The molecule has 0 aliphatic heterocycles. The molecule has 0 radical (unpaired) electrons. The van der Waals surface area contributed by atoms with Crippen LogP contribution in [0.5, 0.6) is 5.75 Å². The van der Waals surface area contributed by atoms with E-state index in [1.165, 1.54) is 0 Å². The Morgan fingerprint density at radius 3 is 2.86 bits per heavy atom. The predicted octanol–water partition coefficient (Wildman–Crippen LogP) is 0.320. The molecule has 0 heterocycles. The third kappa shape index (κ3) is 6.99. The fraction of sp³-hybridized carbons (Fsp3) is 0.333. The maximum atomic E-state index is 11.3. The standard InChI is InChI=1S/C15H18N2O4/c1-2-3-7-17-14(18)11-20-8-9-21-13-6-4-5-12(10-13)15(16)19/h4-6,10H,7-9,11H2,1H3,(H2,16,19)(H,17,18). The minimum absolute atomic E-state index is 0.0456. The molecule has 1 aromatic carbocycles. The highest BCUT2D eigenvalue weighted by molar-refractivity contribution is 5.93. The number of amides is 2. The number of rotatable bonds is 8. The van der Waals surface area contributed by atoms with Gasteiger partial charge < -0.3 is 20.5 Å². The molecular formula is C15H18N2O4. The van der Waals surface area contributed by atoms with Crippen molar-refractivity contribution < 1.29 is 19.1 Å². The van der Waals surface area contributed by atoms with E-state index in [1.807, 2.05) is 0 Å². The van der Waals surface area contributed by atoms with Gasteiger partial charge in [0.05, 0.1) is 13.2 Å². The normalized spacial score (nSPS) is 9.38. The Kier molecular flexibility index (Phi) is 7.40. The first-order chi connectivity index (χ1) is 10.1. The van der Waals surface area contributed by atoms with Crippen molar-refractivity contribution in [2.75, 3.05) is 26.4 Å². The summed E-state index contributed by atoms with van der Waals surface area (Å²) in [6, 6.07) is 6.55. The zero-order valence-electron chi connectivity index (χ0n) is 11.8. The number of carbonyl (C=O) groups excluding carboxylic acids is 2. The molecule has 0 aliphatic rings. The van der Waals surface area contributed by atoms with E-state index in [4.69, 9.17) is 15.2 Å². The van der Waals surface area contributed by atoms with Crippen LogP contribution in [0.4, 0.5) is 0 Å². The van der Waals surface area contributed by atoms with Gasteiger partial charge in [-0.15, -0.1) is 5.92 Å². The van der Waals surface area contributed by atoms with Gasteiger partial charge in [-0.2, -0.15) is 0 Å². The highest BCUT2D eigenvalue weighted by atomic mass is 16.5. The molecule has 21 heavy (non-hydrogen) atoms. The van der Waals surface area contributed by atoms with Gasteiger partial charge in [0.1, 0.15) is 19.0 Å². The van der Waals surface area contributed by atoms with Crippen LogP contribution in [0.3, 0.4) is 0 Å². The van der Waals surface area contributed by atoms with Gasteiger partial charge in [-0.1, -0.05) is 12.0 Å². The Morgan fingerprint density at radius 2 is 2.14 bits per heavy atom. The molecule has 0 aromatic heterocycles. The Hall–Kier alpha value is -2.52. The number of benzene rings is 1. The Balaban J connectivity index is 2.19. The van der Waals surface area contributed by atoms with Crippen molar-refractivity contribution in [3.63, 3.8) is 0 Å². The van der Waals surface area contributed by atoms with Gasteiger partial charge in [0.2, 0.25) is 11.8 Å².